The Bertz CT molecular complexity index is 335. The van der Waals surface area contributed by atoms with E-state index < -0.39 is 10.0 Å². The monoisotopic (exact) mass is 326 g/mol. The first-order valence-corrected chi connectivity index (χ1v) is 8.72. The van der Waals surface area contributed by atoms with Crippen LogP contribution in [0.2, 0.25) is 0 Å². The van der Waals surface area contributed by atoms with Crippen molar-refractivity contribution in [1.29, 1.82) is 0 Å². The van der Waals surface area contributed by atoms with Crippen molar-refractivity contribution in [2.24, 2.45) is 0 Å². The third-order valence-electron chi connectivity index (χ3n) is 3.35. The Morgan fingerprint density at radius 1 is 1.24 bits per heavy atom. The number of rotatable bonds is 4. The molecule has 2 heterocycles. The fourth-order valence-corrected chi connectivity index (χ4v) is 4.06. The van der Waals surface area contributed by atoms with E-state index in [0.717, 1.165) is 39.1 Å². The zero-order valence-electron chi connectivity index (χ0n) is 9.85. The van der Waals surface area contributed by atoms with E-state index in [2.05, 4.69) is 20.8 Å². The van der Waals surface area contributed by atoms with Gasteiger partial charge in [-0.2, -0.15) is 4.31 Å². The van der Waals surface area contributed by atoms with Gasteiger partial charge in [0.15, 0.2) is 0 Å². The van der Waals surface area contributed by atoms with Gasteiger partial charge in [-0.05, 0) is 12.8 Å². The number of nitrogens with zero attached hydrogens (tertiary/aromatic N) is 2. The van der Waals surface area contributed by atoms with Crippen molar-refractivity contribution in [2.45, 2.75) is 18.9 Å². The third-order valence-corrected chi connectivity index (χ3v) is 6.51. The van der Waals surface area contributed by atoms with Crippen molar-refractivity contribution in [3.8, 4) is 0 Å². The summed E-state index contributed by atoms with van der Waals surface area (Å²) in [5.74, 6) is 0. The van der Waals surface area contributed by atoms with Gasteiger partial charge in [0.1, 0.15) is 4.66 Å². The Hall–Kier alpha value is 0.310. The highest BCUT2D eigenvalue weighted by Crippen LogP contribution is 2.15. The molecule has 0 aliphatic carbocycles. The Morgan fingerprint density at radius 2 is 1.94 bits per heavy atom. The summed E-state index contributed by atoms with van der Waals surface area (Å²) >= 11 is 3.03. The highest BCUT2D eigenvalue weighted by molar-refractivity contribution is 9.10. The highest BCUT2D eigenvalue weighted by Gasteiger charge is 2.27. The summed E-state index contributed by atoms with van der Waals surface area (Å²) in [6, 6.07) is 0. The van der Waals surface area contributed by atoms with Crippen LogP contribution in [0.4, 0.5) is 0 Å². The smallest absolute Gasteiger partial charge is 0.224 e. The molecule has 0 spiro atoms. The second kappa shape index (κ2) is 5.97. The van der Waals surface area contributed by atoms with Crippen LogP contribution < -0.4 is 0 Å². The van der Waals surface area contributed by atoms with Crippen LogP contribution >= 0.6 is 15.9 Å². The number of hydrogen-bond acceptors (Lipinski definition) is 4. The number of ether oxygens (including phenoxy) is 1. The molecule has 0 N–H and O–H groups in total. The molecule has 2 saturated heterocycles. The van der Waals surface area contributed by atoms with Gasteiger partial charge < -0.3 is 4.74 Å². The Balaban J connectivity index is 1.77. The minimum atomic E-state index is -3.08. The molecule has 2 aliphatic heterocycles. The van der Waals surface area contributed by atoms with Crippen molar-refractivity contribution in [2.75, 3.05) is 44.0 Å². The maximum atomic E-state index is 11.6. The van der Waals surface area contributed by atoms with Gasteiger partial charge >= 0.3 is 0 Å². The van der Waals surface area contributed by atoms with Crippen molar-refractivity contribution in [3.05, 3.63) is 0 Å². The van der Waals surface area contributed by atoms with E-state index in [4.69, 9.17) is 4.74 Å². The predicted octanol–water partition coefficient (Wildman–Crippen LogP) is 0.465. The van der Waals surface area contributed by atoms with Gasteiger partial charge in [-0.1, -0.05) is 15.9 Å². The fourth-order valence-electron chi connectivity index (χ4n) is 2.34. The second-order valence-corrected chi connectivity index (χ2v) is 7.83. The standard InChI is InChI=1S/C10H19BrN2O3S/c11-9-17(14,15)13-5-3-12(4-6-13)8-10-2-1-7-16-10/h10H,1-9H2. The largest absolute Gasteiger partial charge is 0.377 e. The van der Waals surface area contributed by atoms with Gasteiger partial charge in [0.2, 0.25) is 10.0 Å². The lowest BCUT2D eigenvalue weighted by Gasteiger charge is -2.34. The normalized spacial score (nSPS) is 28.6. The molecular weight excluding hydrogens is 308 g/mol. The molecule has 2 aliphatic rings. The van der Waals surface area contributed by atoms with Crippen molar-refractivity contribution in [1.82, 2.24) is 9.21 Å². The number of hydrogen-bond donors (Lipinski definition) is 0. The van der Waals surface area contributed by atoms with Crippen LogP contribution in [0.15, 0.2) is 0 Å². The fraction of sp³-hybridized carbons (Fsp3) is 1.00. The van der Waals surface area contributed by atoms with Gasteiger partial charge in [0, 0.05) is 39.3 Å². The van der Waals surface area contributed by atoms with E-state index >= 15 is 0 Å². The number of alkyl halides is 1. The van der Waals surface area contributed by atoms with Crippen LogP contribution in [-0.4, -0.2) is 67.7 Å². The molecule has 0 aromatic carbocycles. The molecule has 0 radical (unpaired) electrons. The molecule has 2 rings (SSSR count). The maximum Gasteiger partial charge on any atom is 0.224 e. The molecule has 2 fully saturated rings. The number of halogens is 1. The van der Waals surface area contributed by atoms with Crippen LogP contribution in [0.5, 0.6) is 0 Å². The average molecular weight is 327 g/mol. The second-order valence-electron chi connectivity index (χ2n) is 4.56. The van der Waals surface area contributed by atoms with E-state index in [1.807, 2.05) is 0 Å². The van der Waals surface area contributed by atoms with E-state index in [0.29, 0.717) is 19.2 Å². The quantitative estimate of drug-likeness (QED) is 0.704. The van der Waals surface area contributed by atoms with E-state index in [9.17, 15) is 8.42 Å². The lowest BCUT2D eigenvalue weighted by atomic mass is 10.2. The zero-order chi connectivity index (χ0) is 12.3. The Labute approximate surface area is 111 Å². The summed E-state index contributed by atoms with van der Waals surface area (Å²) in [5, 5.41) is 0. The lowest BCUT2D eigenvalue weighted by Crippen LogP contribution is -2.50. The first-order chi connectivity index (χ1) is 8.12. The van der Waals surface area contributed by atoms with Crippen molar-refractivity contribution >= 4 is 26.0 Å². The van der Waals surface area contributed by atoms with Crippen LogP contribution in [0, 0.1) is 0 Å². The van der Waals surface area contributed by atoms with E-state index in [1.165, 1.54) is 0 Å². The van der Waals surface area contributed by atoms with Crippen molar-refractivity contribution in [3.63, 3.8) is 0 Å². The Kier molecular flexibility index (Phi) is 4.82. The molecule has 17 heavy (non-hydrogen) atoms. The first kappa shape index (κ1) is 13.7. The summed E-state index contributed by atoms with van der Waals surface area (Å²) < 4.78 is 30.5. The molecule has 0 amide bonds. The third kappa shape index (κ3) is 3.64. The van der Waals surface area contributed by atoms with Crippen LogP contribution in [0.25, 0.3) is 0 Å². The van der Waals surface area contributed by atoms with Crippen LogP contribution in [-0.2, 0) is 14.8 Å². The van der Waals surface area contributed by atoms with E-state index in [1.54, 1.807) is 4.31 Å². The number of sulfonamides is 1. The maximum absolute atomic E-state index is 11.6. The van der Waals surface area contributed by atoms with Crippen LogP contribution in [0.1, 0.15) is 12.8 Å². The molecule has 100 valence electrons. The van der Waals surface area contributed by atoms with Gasteiger partial charge in [-0.3, -0.25) is 4.90 Å². The van der Waals surface area contributed by atoms with Gasteiger partial charge in [0.25, 0.3) is 0 Å². The number of piperazine rings is 1. The molecule has 0 saturated carbocycles. The average Bonchev–Trinajstić information content (AvgIpc) is 2.83. The van der Waals surface area contributed by atoms with Gasteiger partial charge in [0.05, 0.1) is 6.10 Å². The van der Waals surface area contributed by atoms with Gasteiger partial charge in [-0.25, -0.2) is 8.42 Å². The molecule has 7 heteroatoms. The molecule has 0 bridgehead atoms. The summed E-state index contributed by atoms with van der Waals surface area (Å²) in [6.07, 6.45) is 2.65. The summed E-state index contributed by atoms with van der Waals surface area (Å²) in [6.45, 7) is 4.64. The lowest BCUT2D eigenvalue weighted by molar-refractivity contribution is 0.0618. The Morgan fingerprint density at radius 3 is 2.47 bits per heavy atom. The molecule has 0 aromatic rings. The topological polar surface area (TPSA) is 49.9 Å². The molecule has 1 atom stereocenters. The predicted molar refractivity (Wildman–Crippen MR) is 69.7 cm³/mol. The van der Waals surface area contributed by atoms with Crippen LogP contribution in [0.3, 0.4) is 0 Å². The minimum absolute atomic E-state index is 0.0196. The SMILES string of the molecule is O=S(=O)(CBr)N1CCN(CC2CCCO2)CC1. The summed E-state index contributed by atoms with van der Waals surface area (Å²) in [7, 11) is -3.08. The molecule has 0 aromatic heterocycles. The minimum Gasteiger partial charge on any atom is -0.377 e. The van der Waals surface area contributed by atoms with E-state index in [-0.39, 0.29) is 4.66 Å². The van der Waals surface area contributed by atoms with Crippen molar-refractivity contribution < 1.29 is 13.2 Å². The molecule has 5 nitrogen and oxygen atoms in total. The summed E-state index contributed by atoms with van der Waals surface area (Å²) in [4.78, 5) is 2.30. The highest BCUT2D eigenvalue weighted by atomic mass is 79.9. The molecular formula is C10H19BrN2O3S. The van der Waals surface area contributed by atoms with Gasteiger partial charge in [-0.15, -0.1) is 0 Å². The molecule has 1 unspecified atom stereocenters. The zero-order valence-corrected chi connectivity index (χ0v) is 12.2. The first-order valence-electron chi connectivity index (χ1n) is 5.99. The summed E-state index contributed by atoms with van der Waals surface area (Å²) in [5.41, 5.74) is 0.